The second kappa shape index (κ2) is 7.82. The van der Waals surface area contributed by atoms with Crippen molar-refractivity contribution in [3.8, 4) is 12.1 Å². The maximum atomic E-state index is 11.2. The molecule has 1 atom stereocenters. The van der Waals surface area contributed by atoms with Crippen LogP contribution in [0.3, 0.4) is 0 Å². The molecule has 0 aliphatic heterocycles. The number of nitrogens with one attached hydrogen (secondary N) is 1. The van der Waals surface area contributed by atoms with Crippen LogP contribution in [0.5, 0.6) is 0 Å². The highest BCUT2D eigenvalue weighted by atomic mass is 16.1. The molecular weight excluding hydrogens is 190 g/mol. The van der Waals surface area contributed by atoms with Crippen LogP contribution < -0.4 is 5.32 Å². The van der Waals surface area contributed by atoms with Crippen LogP contribution in [0, 0.1) is 34.5 Å². The number of carbonyl (C=O) groups is 1. The van der Waals surface area contributed by atoms with Gasteiger partial charge in [-0.05, 0) is 12.8 Å². The summed E-state index contributed by atoms with van der Waals surface area (Å²) in [4.78, 5) is 11.2. The molecule has 4 nitrogen and oxygen atoms in total. The average molecular weight is 207 g/mol. The van der Waals surface area contributed by atoms with E-state index in [4.69, 9.17) is 10.5 Å². The van der Waals surface area contributed by atoms with E-state index in [2.05, 4.69) is 11.4 Å². The Hall–Kier alpha value is -1.55. The standard InChI is InChI=1S/C11H17N3O/c1-9(2)11(15)14-8-10(7-13)5-3-4-6-12/h9-10H,3-5,8H2,1-2H3,(H,14,15). The first-order chi connectivity index (χ1) is 7.11. The lowest BCUT2D eigenvalue weighted by molar-refractivity contribution is -0.124. The summed E-state index contributed by atoms with van der Waals surface area (Å²) >= 11 is 0. The van der Waals surface area contributed by atoms with E-state index in [0.717, 1.165) is 0 Å². The van der Waals surface area contributed by atoms with E-state index < -0.39 is 0 Å². The van der Waals surface area contributed by atoms with Gasteiger partial charge in [-0.2, -0.15) is 10.5 Å². The molecule has 0 saturated carbocycles. The Morgan fingerprint density at radius 1 is 1.40 bits per heavy atom. The maximum absolute atomic E-state index is 11.2. The van der Waals surface area contributed by atoms with E-state index >= 15 is 0 Å². The molecule has 1 unspecified atom stereocenters. The van der Waals surface area contributed by atoms with Crippen LogP contribution in [-0.2, 0) is 4.79 Å². The van der Waals surface area contributed by atoms with Crippen LogP contribution in [0.1, 0.15) is 33.1 Å². The molecule has 4 heteroatoms. The van der Waals surface area contributed by atoms with E-state index in [1.54, 1.807) is 0 Å². The Labute approximate surface area is 90.9 Å². The third-order valence-corrected chi connectivity index (χ3v) is 2.07. The molecule has 1 amide bonds. The van der Waals surface area contributed by atoms with Crippen molar-refractivity contribution in [3.63, 3.8) is 0 Å². The topological polar surface area (TPSA) is 76.7 Å². The number of hydrogen-bond acceptors (Lipinski definition) is 3. The quantitative estimate of drug-likeness (QED) is 0.672. The fraction of sp³-hybridized carbons (Fsp3) is 0.727. The molecule has 0 spiro atoms. The lowest BCUT2D eigenvalue weighted by Crippen LogP contribution is -2.32. The Kier molecular flexibility index (Phi) is 7.01. The predicted molar refractivity (Wildman–Crippen MR) is 56.4 cm³/mol. The number of nitriles is 2. The summed E-state index contributed by atoms with van der Waals surface area (Å²) in [6.45, 7) is 4.01. The number of nitrogens with zero attached hydrogens (tertiary/aromatic N) is 2. The first-order valence-corrected chi connectivity index (χ1v) is 5.16. The van der Waals surface area contributed by atoms with Crippen LogP contribution in [-0.4, -0.2) is 12.5 Å². The summed E-state index contributed by atoms with van der Waals surface area (Å²) in [6, 6.07) is 4.16. The van der Waals surface area contributed by atoms with Crippen molar-refractivity contribution in [2.75, 3.05) is 6.54 Å². The molecule has 0 aromatic carbocycles. The summed E-state index contributed by atoms with van der Waals surface area (Å²) in [7, 11) is 0. The Morgan fingerprint density at radius 3 is 2.53 bits per heavy atom. The van der Waals surface area contributed by atoms with E-state index in [-0.39, 0.29) is 17.7 Å². The summed E-state index contributed by atoms with van der Waals surface area (Å²) < 4.78 is 0. The summed E-state index contributed by atoms with van der Waals surface area (Å²) in [5.74, 6) is -0.264. The molecule has 0 radical (unpaired) electrons. The molecule has 0 heterocycles. The van der Waals surface area contributed by atoms with E-state index in [1.165, 1.54) is 0 Å². The predicted octanol–water partition coefficient (Wildman–Crippen LogP) is 1.59. The van der Waals surface area contributed by atoms with E-state index in [0.29, 0.717) is 25.8 Å². The van der Waals surface area contributed by atoms with Crippen LogP contribution in [0.2, 0.25) is 0 Å². The molecule has 0 aromatic rings. The van der Waals surface area contributed by atoms with Crippen LogP contribution in [0.15, 0.2) is 0 Å². The van der Waals surface area contributed by atoms with Crippen molar-refractivity contribution >= 4 is 5.91 Å². The van der Waals surface area contributed by atoms with Gasteiger partial charge in [-0.15, -0.1) is 0 Å². The monoisotopic (exact) mass is 207 g/mol. The first-order valence-electron chi connectivity index (χ1n) is 5.16. The minimum absolute atomic E-state index is 0.0319. The largest absolute Gasteiger partial charge is 0.355 e. The fourth-order valence-electron chi connectivity index (χ4n) is 1.07. The lowest BCUT2D eigenvalue weighted by atomic mass is 10.0. The zero-order valence-corrected chi connectivity index (χ0v) is 9.29. The molecule has 0 saturated heterocycles. The zero-order valence-electron chi connectivity index (χ0n) is 9.29. The SMILES string of the molecule is CC(C)C(=O)NCC(C#N)CCCC#N. The van der Waals surface area contributed by atoms with Gasteiger partial charge in [-0.3, -0.25) is 4.79 Å². The van der Waals surface area contributed by atoms with Crippen molar-refractivity contribution < 1.29 is 4.79 Å². The molecule has 0 aliphatic rings. The van der Waals surface area contributed by atoms with Crippen LogP contribution >= 0.6 is 0 Å². The molecule has 82 valence electrons. The highest BCUT2D eigenvalue weighted by molar-refractivity contribution is 5.77. The van der Waals surface area contributed by atoms with Gasteiger partial charge >= 0.3 is 0 Å². The van der Waals surface area contributed by atoms with Gasteiger partial charge in [0, 0.05) is 18.9 Å². The number of unbranched alkanes of at least 4 members (excludes halogenated alkanes) is 1. The molecule has 0 fully saturated rings. The lowest BCUT2D eigenvalue weighted by Gasteiger charge is -2.11. The highest BCUT2D eigenvalue weighted by Crippen LogP contribution is 2.06. The molecule has 15 heavy (non-hydrogen) atoms. The van der Waals surface area contributed by atoms with Gasteiger partial charge in [0.15, 0.2) is 0 Å². The summed E-state index contributed by atoms with van der Waals surface area (Å²) in [6.07, 6.45) is 1.85. The van der Waals surface area contributed by atoms with Crippen molar-refractivity contribution in [1.29, 1.82) is 10.5 Å². The third kappa shape index (κ3) is 6.51. The minimum Gasteiger partial charge on any atom is -0.355 e. The van der Waals surface area contributed by atoms with Crippen LogP contribution in [0.25, 0.3) is 0 Å². The normalized spacial score (nSPS) is 11.5. The smallest absolute Gasteiger partial charge is 0.222 e. The van der Waals surface area contributed by atoms with Gasteiger partial charge in [-0.25, -0.2) is 0 Å². The maximum Gasteiger partial charge on any atom is 0.222 e. The van der Waals surface area contributed by atoms with Crippen molar-refractivity contribution in [2.24, 2.45) is 11.8 Å². The molecular formula is C11H17N3O. The van der Waals surface area contributed by atoms with Gasteiger partial charge in [-0.1, -0.05) is 13.8 Å². The van der Waals surface area contributed by atoms with Gasteiger partial charge < -0.3 is 5.32 Å². The van der Waals surface area contributed by atoms with Gasteiger partial charge in [0.25, 0.3) is 0 Å². The zero-order chi connectivity index (χ0) is 11.7. The Balaban J connectivity index is 3.77. The Morgan fingerprint density at radius 2 is 2.07 bits per heavy atom. The van der Waals surface area contributed by atoms with Gasteiger partial charge in [0.1, 0.15) is 0 Å². The van der Waals surface area contributed by atoms with E-state index in [1.807, 2.05) is 19.9 Å². The number of rotatable bonds is 6. The summed E-state index contributed by atoms with van der Waals surface area (Å²) in [5.41, 5.74) is 0. The first kappa shape index (κ1) is 13.4. The minimum atomic E-state index is -0.180. The van der Waals surface area contributed by atoms with Crippen molar-refractivity contribution in [3.05, 3.63) is 0 Å². The molecule has 1 N–H and O–H groups in total. The number of amides is 1. The highest BCUT2D eigenvalue weighted by Gasteiger charge is 2.11. The van der Waals surface area contributed by atoms with Crippen molar-refractivity contribution in [1.82, 2.24) is 5.32 Å². The number of hydrogen-bond donors (Lipinski definition) is 1. The molecule has 0 aromatic heterocycles. The van der Waals surface area contributed by atoms with Gasteiger partial charge in [0.2, 0.25) is 5.91 Å². The molecule has 0 bridgehead atoms. The number of carbonyl (C=O) groups excluding carboxylic acids is 1. The van der Waals surface area contributed by atoms with Crippen molar-refractivity contribution in [2.45, 2.75) is 33.1 Å². The van der Waals surface area contributed by atoms with Gasteiger partial charge in [0.05, 0.1) is 18.1 Å². The Bertz CT molecular complexity index is 273. The molecule has 0 rings (SSSR count). The van der Waals surface area contributed by atoms with E-state index in [9.17, 15) is 4.79 Å². The fourth-order valence-corrected chi connectivity index (χ4v) is 1.07. The summed E-state index contributed by atoms with van der Waals surface area (Å²) in [5, 5.41) is 19.8. The average Bonchev–Trinajstić information content (AvgIpc) is 2.22. The second-order valence-corrected chi connectivity index (χ2v) is 3.78. The third-order valence-electron chi connectivity index (χ3n) is 2.07. The van der Waals surface area contributed by atoms with Crippen LogP contribution in [0.4, 0.5) is 0 Å². The molecule has 0 aliphatic carbocycles. The second-order valence-electron chi connectivity index (χ2n) is 3.78.